The summed E-state index contributed by atoms with van der Waals surface area (Å²) >= 11 is 3.58. The van der Waals surface area contributed by atoms with Crippen molar-refractivity contribution < 1.29 is 9.47 Å². The monoisotopic (exact) mass is 406 g/mol. The van der Waals surface area contributed by atoms with Gasteiger partial charge < -0.3 is 9.47 Å². The van der Waals surface area contributed by atoms with Crippen LogP contribution in [-0.2, 0) is 0 Å². The summed E-state index contributed by atoms with van der Waals surface area (Å²) in [5.41, 5.74) is 3.10. The predicted octanol–water partition coefficient (Wildman–Crippen LogP) is 5.65. The molecule has 0 saturated carbocycles. The van der Waals surface area contributed by atoms with E-state index in [-0.39, 0.29) is 5.92 Å². The molecule has 3 heteroatoms. The van der Waals surface area contributed by atoms with E-state index < -0.39 is 0 Å². The first-order valence-corrected chi connectivity index (χ1v) is 9.05. The lowest BCUT2D eigenvalue weighted by Gasteiger charge is -2.17. The minimum Gasteiger partial charge on any atom is -0.496 e. The summed E-state index contributed by atoms with van der Waals surface area (Å²) < 4.78 is 11.9. The van der Waals surface area contributed by atoms with E-state index in [0.717, 1.165) is 32.7 Å². The highest BCUT2D eigenvalue weighted by molar-refractivity contribution is 9.10. The van der Waals surface area contributed by atoms with Gasteiger partial charge >= 0.3 is 0 Å². The second-order valence-electron chi connectivity index (χ2n) is 5.71. The third kappa shape index (κ3) is 4.09. The maximum Gasteiger partial charge on any atom is 0.136 e. The maximum absolute atomic E-state index is 5.63. The Hall–Kier alpha value is -2.70. The van der Waals surface area contributed by atoms with Gasteiger partial charge in [0.05, 0.1) is 24.6 Å². The van der Waals surface area contributed by atoms with Crippen molar-refractivity contribution in [2.75, 3.05) is 14.2 Å². The quantitative estimate of drug-likeness (QED) is 0.521. The lowest BCUT2D eigenvalue weighted by molar-refractivity contribution is 0.389. The third-order valence-corrected chi connectivity index (χ3v) is 4.70. The highest BCUT2D eigenvalue weighted by Gasteiger charge is 2.19. The standard InChI is InChI=1S/C23H19BrO2/c1-25-22-16-23(26-2)21(24)15-20(22)19(18-11-7-4-8-12-18)14-13-17-9-5-3-6-10-17/h3-12,15-16,19H,1-2H3. The summed E-state index contributed by atoms with van der Waals surface area (Å²) in [4.78, 5) is 0. The van der Waals surface area contributed by atoms with Crippen LogP contribution in [0.3, 0.4) is 0 Å². The summed E-state index contributed by atoms with van der Waals surface area (Å²) in [5, 5.41) is 0. The van der Waals surface area contributed by atoms with E-state index in [1.165, 1.54) is 0 Å². The van der Waals surface area contributed by atoms with Gasteiger partial charge in [0.1, 0.15) is 11.5 Å². The predicted molar refractivity (Wildman–Crippen MR) is 109 cm³/mol. The molecule has 3 rings (SSSR count). The lowest BCUT2D eigenvalue weighted by Crippen LogP contribution is -2.03. The van der Waals surface area contributed by atoms with Crippen LogP contribution in [0, 0.1) is 11.8 Å². The molecule has 130 valence electrons. The number of hydrogen-bond acceptors (Lipinski definition) is 2. The van der Waals surface area contributed by atoms with Crippen LogP contribution in [0.25, 0.3) is 0 Å². The Labute approximate surface area is 162 Å². The van der Waals surface area contributed by atoms with E-state index in [1.54, 1.807) is 14.2 Å². The summed E-state index contributed by atoms with van der Waals surface area (Å²) in [6.07, 6.45) is 0. The van der Waals surface area contributed by atoms with Gasteiger partial charge in [-0.15, -0.1) is 0 Å². The van der Waals surface area contributed by atoms with Gasteiger partial charge in [-0.1, -0.05) is 60.4 Å². The van der Waals surface area contributed by atoms with E-state index >= 15 is 0 Å². The first-order valence-electron chi connectivity index (χ1n) is 8.26. The summed E-state index contributed by atoms with van der Waals surface area (Å²) in [7, 11) is 3.31. The molecule has 0 aromatic heterocycles. The molecule has 0 amide bonds. The lowest BCUT2D eigenvalue weighted by atomic mass is 9.90. The number of halogens is 1. The fourth-order valence-corrected chi connectivity index (χ4v) is 3.29. The number of rotatable bonds is 4. The zero-order valence-electron chi connectivity index (χ0n) is 14.7. The van der Waals surface area contributed by atoms with Crippen LogP contribution in [0.4, 0.5) is 0 Å². The molecule has 3 aromatic carbocycles. The van der Waals surface area contributed by atoms with Crippen LogP contribution in [0.2, 0.25) is 0 Å². The Bertz CT molecular complexity index is 925. The van der Waals surface area contributed by atoms with Crippen LogP contribution in [0.15, 0.2) is 77.3 Å². The Balaban J connectivity index is 2.13. The molecule has 0 spiro atoms. The Kier molecular flexibility index (Phi) is 5.99. The molecule has 26 heavy (non-hydrogen) atoms. The van der Waals surface area contributed by atoms with Crippen molar-refractivity contribution in [1.82, 2.24) is 0 Å². The van der Waals surface area contributed by atoms with Gasteiger partial charge in [-0.05, 0) is 39.7 Å². The van der Waals surface area contributed by atoms with E-state index in [2.05, 4.69) is 39.9 Å². The van der Waals surface area contributed by atoms with Crippen molar-refractivity contribution in [1.29, 1.82) is 0 Å². The molecule has 0 fully saturated rings. The van der Waals surface area contributed by atoms with E-state index in [9.17, 15) is 0 Å². The maximum atomic E-state index is 5.63. The van der Waals surface area contributed by atoms with Crippen LogP contribution in [0.5, 0.6) is 11.5 Å². The smallest absolute Gasteiger partial charge is 0.136 e. The Morgan fingerprint density at radius 3 is 2.04 bits per heavy atom. The summed E-state index contributed by atoms with van der Waals surface area (Å²) in [5.74, 6) is 8.07. The number of ether oxygens (including phenoxy) is 2. The first kappa shape index (κ1) is 18.1. The second-order valence-corrected chi connectivity index (χ2v) is 6.56. The minimum absolute atomic E-state index is 0.117. The average Bonchev–Trinajstić information content (AvgIpc) is 2.70. The zero-order chi connectivity index (χ0) is 18.4. The molecule has 0 aliphatic carbocycles. The molecule has 3 aromatic rings. The zero-order valence-corrected chi connectivity index (χ0v) is 16.3. The van der Waals surface area contributed by atoms with Crippen molar-refractivity contribution >= 4 is 15.9 Å². The van der Waals surface area contributed by atoms with E-state index in [0.29, 0.717) is 0 Å². The minimum atomic E-state index is -0.117. The highest BCUT2D eigenvalue weighted by Crippen LogP contribution is 2.38. The average molecular weight is 407 g/mol. The van der Waals surface area contributed by atoms with Crippen molar-refractivity contribution in [2.45, 2.75) is 5.92 Å². The molecule has 0 saturated heterocycles. The first-order chi connectivity index (χ1) is 12.7. The van der Waals surface area contributed by atoms with Crippen LogP contribution in [-0.4, -0.2) is 14.2 Å². The molecule has 0 aliphatic rings. The van der Waals surface area contributed by atoms with Gasteiger partial charge in [-0.3, -0.25) is 0 Å². The second kappa shape index (κ2) is 8.60. The van der Waals surface area contributed by atoms with Crippen LogP contribution < -0.4 is 9.47 Å². The van der Waals surface area contributed by atoms with Gasteiger partial charge in [0.2, 0.25) is 0 Å². The van der Waals surface area contributed by atoms with Crippen molar-refractivity contribution in [3.05, 3.63) is 94.0 Å². The highest BCUT2D eigenvalue weighted by atomic mass is 79.9. The van der Waals surface area contributed by atoms with E-state index in [1.807, 2.05) is 60.7 Å². The topological polar surface area (TPSA) is 18.5 Å². The summed E-state index contributed by atoms with van der Waals surface area (Å²) in [6.45, 7) is 0. The van der Waals surface area contributed by atoms with Gasteiger partial charge in [0.15, 0.2) is 0 Å². The molecular weight excluding hydrogens is 388 g/mol. The van der Waals surface area contributed by atoms with Gasteiger partial charge in [-0.25, -0.2) is 0 Å². The molecule has 1 atom stereocenters. The molecule has 0 heterocycles. The van der Waals surface area contributed by atoms with Crippen molar-refractivity contribution in [2.24, 2.45) is 0 Å². The van der Waals surface area contributed by atoms with Gasteiger partial charge in [0, 0.05) is 17.2 Å². The Morgan fingerprint density at radius 2 is 1.42 bits per heavy atom. The molecule has 0 aliphatic heterocycles. The molecule has 0 N–H and O–H groups in total. The third-order valence-electron chi connectivity index (χ3n) is 4.08. The SMILES string of the molecule is COc1cc(OC)c(C(C#Cc2ccccc2)c2ccccc2)cc1Br. The fraction of sp³-hybridized carbons (Fsp3) is 0.130. The van der Waals surface area contributed by atoms with Crippen LogP contribution >= 0.6 is 15.9 Å². The normalized spacial score (nSPS) is 11.2. The summed E-state index contributed by atoms with van der Waals surface area (Å²) in [6, 6.07) is 24.1. The Morgan fingerprint density at radius 1 is 0.808 bits per heavy atom. The molecule has 1 unspecified atom stereocenters. The number of methoxy groups -OCH3 is 2. The molecule has 0 radical (unpaired) electrons. The molecular formula is C23H19BrO2. The van der Waals surface area contributed by atoms with Crippen molar-refractivity contribution in [3.8, 4) is 23.3 Å². The van der Waals surface area contributed by atoms with E-state index in [4.69, 9.17) is 9.47 Å². The van der Waals surface area contributed by atoms with Crippen molar-refractivity contribution in [3.63, 3.8) is 0 Å². The van der Waals surface area contributed by atoms with Gasteiger partial charge in [0.25, 0.3) is 0 Å². The fourth-order valence-electron chi connectivity index (χ4n) is 2.77. The van der Waals surface area contributed by atoms with Gasteiger partial charge in [-0.2, -0.15) is 0 Å². The molecule has 2 nitrogen and oxygen atoms in total. The molecule has 0 bridgehead atoms. The number of hydrogen-bond donors (Lipinski definition) is 0. The number of benzene rings is 3. The van der Waals surface area contributed by atoms with Crippen LogP contribution in [0.1, 0.15) is 22.6 Å². The largest absolute Gasteiger partial charge is 0.496 e.